The van der Waals surface area contributed by atoms with Crippen LogP contribution in [-0.4, -0.2) is 44.7 Å². The number of carbonyl (C=O) groups is 1. The molecule has 6 N–H and O–H groups in total. The number of aromatic amines is 1. The van der Waals surface area contributed by atoms with Crippen LogP contribution in [0.2, 0.25) is 0 Å². The molecule has 9 nitrogen and oxygen atoms in total. The lowest BCUT2D eigenvalue weighted by Gasteiger charge is -2.39. The van der Waals surface area contributed by atoms with Gasteiger partial charge in [0.25, 0.3) is 5.91 Å². The second kappa shape index (κ2) is 8.42. The van der Waals surface area contributed by atoms with Gasteiger partial charge in [-0.1, -0.05) is 24.3 Å². The third-order valence-corrected chi connectivity index (χ3v) is 6.17. The Morgan fingerprint density at radius 1 is 1.09 bits per heavy atom. The minimum Gasteiger partial charge on any atom is -0.382 e. The van der Waals surface area contributed by atoms with Crippen molar-refractivity contribution in [1.82, 2.24) is 25.5 Å². The van der Waals surface area contributed by atoms with Gasteiger partial charge >= 0.3 is 0 Å². The van der Waals surface area contributed by atoms with Crippen LogP contribution < -0.4 is 21.7 Å². The lowest BCUT2D eigenvalue weighted by Crippen LogP contribution is -2.51. The summed E-state index contributed by atoms with van der Waals surface area (Å²) in [7, 11) is 0. The number of fused-ring (bicyclic) bond motifs is 1. The Bertz CT molecular complexity index is 1300. The quantitative estimate of drug-likeness (QED) is 0.381. The summed E-state index contributed by atoms with van der Waals surface area (Å²) in [5, 5.41) is 11.0. The molecule has 1 aliphatic heterocycles. The van der Waals surface area contributed by atoms with Gasteiger partial charge in [0, 0.05) is 41.2 Å². The van der Waals surface area contributed by atoms with Crippen molar-refractivity contribution in [3.8, 4) is 11.3 Å². The second-order valence-electron chi connectivity index (χ2n) is 8.45. The van der Waals surface area contributed by atoms with Crippen molar-refractivity contribution >= 4 is 34.4 Å². The summed E-state index contributed by atoms with van der Waals surface area (Å²) in [5.74, 6) is 1.34. The minimum atomic E-state index is -0.0647. The fourth-order valence-corrected chi connectivity index (χ4v) is 4.35. The number of piperidine rings is 1. The minimum absolute atomic E-state index is 0.0119. The number of nitrogens with two attached hydrogens (primary N) is 2. The van der Waals surface area contributed by atoms with Crippen LogP contribution in [0.1, 0.15) is 30.1 Å². The first kappa shape index (κ1) is 20.7. The van der Waals surface area contributed by atoms with Crippen molar-refractivity contribution in [1.29, 1.82) is 0 Å². The monoisotopic (exact) mass is 442 g/mol. The predicted octanol–water partition coefficient (Wildman–Crippen LogP) is 2.97. The van der Waals surface area contributed by atoms with E-state index < -0.39 is 0 Å². The SMILES string of the molecule is CC1CCC(NC(=O)c2ccccc2)CN1c1cc(-c2ccc3c(N)n[nH]c3c2)nc(N)n1. The van der Waals surface area contributed by atoms with Gasteiger partial charge in [0.15, 0.2) is 5.82 Å². The first-order valence-electron chi connectivity index (χ1n) is 11.0. The van der Waals surface area contributed by atoms with Gasteiger partial charge in [0.2, 0.25) is 5.95 Å². The number of hydrogen-bond acceptors (Lipinski definition) is 7. The molecular weight excluding hydrogens is 416 g/mol. The van der Waals surface area contributed by atoms with Gasteiger partial charge in [-0.05, 0) is 44.0 Å². The van der Waals surface area contributed by atoms with Crippen molar-refractivity contribution in [3.05, 3.63) is 60.2 Å². The molecule has 2 aromatic heterocycles. The normalized spacial score (nSPS) is 18.4. The average Bonchev–Trinajstić information content (AvgIpc) is 3.20. The van der Waals surface area contributed by atoms with Crippen molar-refractivity contribution in [2.45, 2.75) is 31.8 Å². The zero-order valence-electron chi connectivity index (χ0n) is 18.3. The molecule has 0 radical (unpaired) electrons. The van der Waals surface area contributed by atoms with Crippen LogP contribution in [0.15, 0.2) is 54.6 Å². The number of nitrogen functional groups attached to an aromatic ring is 2. The Labute approximate surface area is 191 Å². The number of benzene rings is 2. The van der Waals surface area contributed by atoms with Gasteiger partial charge in [-0.3, -0.25) is 9.89 Å². The van der Waals surface area contributed by atoms with Gasteiger partial charge in [0.1, 0.15) is 5.82 Å². The summed E-state index contributed by atoms with van der Waals surface area (Å²) in [6.07, 6.45) is 1.83. The Balaban J connectivity index is 1.40. The molecule has 4 aromatic rings. The molecule has 1 fully saturated rings. The number of carbonyl (C=O) groups excluding carboxylic acids is 1. The van der Waals surface area contributed by atoms with Gasteiger partial charge in [0.05, 0.1) is 11.2 Å². The van der Waals surface area contributed by atoms with Crippen LogP contribution in [0.4, 0.5) is 17.6 Å². The molecule has 5 rings (SSSR count). The summed E-state index contributed by atoms with van der Waals surface area (Å²) in [5.41, 5.74) is 15.1. The van der Waals surface area contributed by atoms with E-state index in [1.165, 1.54) is 0 Å². The van der Waals surface area contributed by atoms with Gasteiger partial charge in [-0.15, -0.1) is 0 Å². The predicted molar refractivity (Wildman–Crippen MR) is 130 cm³/mol. The summed E-state index contributed by atoms with van der Waals surface area (Å²) in [6.45, 7) is 2.80. The maximum absolute atomic E-state index is 12.6. The molecule has 0 aliphatic carbocycles. The Morgan fingerprint density at radius 2 is 1.91 bits per heavy atom. The van der Waals surface area contributed by atoms with Crippen LogP contribution >= 0.6 is 0 Å². The van der Waals surface area contributed by atoms with Crippen molar-refractivity contribution < 1.29 is 4.79 Å². The fraction of sp³-hybridized carbons (Fsp3) is 0.250. The van der Waals surface area contributed by atoms with Crippen molar-refractivity contribution in [2.24, 2.45) is 0 Å². The Morgan fingerprint density at radius 3 is 2.73 bits per heavy atom. The van der Waals surface area contributed by atoms with Gasteiger partial charge < -0.3 is 21.7 Å². The highest BCUT2D eigenvalue weighted by molar-refractivity contribution is 5.94. The van der Waals surface area contributed by atoms with Crippen LogP contribution in [0.5, 0.6) is 0 Å². The van der Waals surface area contributed by atoms with Gasteiger partial charge in [-0.2, -0.15) is 10.1 Å². The van der Waals surface area contributed by atoms with Crippen LogP contribution in [0, 0.1) is 0 Å². The molecule has 2 unspecified atom stereocenters. The largest absolute Gasteiger partial charge is 0.382 e. The Hall–Kier alpha value is -4.14. The molecule has 3 heterocycles. The highest BCUT2D eigenvalue weighted by atomic mass is 16.1. The zero-order valence-corrected chi connectivity index (χ0v) is 18.3. The average molecular weight is 443 g/mol. The van der Waals surface area contributed by atoms with E-state index in [2.05, 4.69) is 37.3 Å². The molecule has 33 heavy (non-hydrogen) atoms. The van der Waals surface area contributed by atoms with E-state index in [-0.39, 0.29) is 23.9 Å². The van der Waals surface area contributed by atoms with E-state index in [0.29, 0.717) is 17.9 Å². The third-order valence-electron chi connectivity index (χ3n) is 6.17. The summed E-state index contributed by atoms with van der Waals surface area (Å²) in [6, 6.07) is 17.3. The summed E-state index contributed by atoms with van der Waals surface area (Å²) < 4.78 is 0. The maximum atomic E-state index is 12.6. The van der Waals surface area contributed by atoms with Crippen molar-refractivity contribution in [3.63, 3.8) is 0 Å². The van der Waals surface area contributed by atoms with Gasteiger partial charge in [-0.25, -0.2) is 4.98 Å². The van der Waals surface area contributed by atoms with E-state index in [4.69, 9.17) is 11.5 Å². The molecule has 2 atom stereocenters. The van der Waals surface area contributed by atoms with E-state index in [1.54, 1.807) is 0 Å². The highest BCUT2D eigenvalue weighted by Crippen LogP contribution is 2.30. The van der Waals surface area contributed by atoms with E-state index in [0.717, 1.165) is 40.8 Å². The highest BCUT2D eigenvalue weighted by Gasteiger charge is 2.28. The lowest BCUT2D eigenvalue weighted by molar-refractivity contribution is 0.0931. The molecule has 1 aliphatic rings. The molecule has 1 saturated heterocycles. The molecule has 0 spiro atoms. The number of nitrogens with one attached hydrogen (secondary N) is 2. The lowest BCUT2D eigenvalue weighted by atomic mass is 9.98. The molecule has 2 aromatic carbocycles. The molecular formula is C24H26N8O. The molecule has 1 amide bonds. The summed E-state index contributed by atoms with van der Waals surface area (Å²) >= 11 is 0. The number of nitrogens with zero attached hydrogens (tertiary/aromatic N) is 4. The van der Waals surface area contributed by atoms with Crippen LogP contribution in [-0.2, 0) is 0 Å². The van der Waals surface area contributed by atoms with E-state index >= 15 is 0 Å². The van der Waals surface area contributed by atoms with Crippen LogP contribution in [0.3, 0.4) is 0 Å². The molecule has 0 bridgehead atoms. The Kier molecular flexibility index (Phi) is 5.29. The summed E-state index contributed by atoms with van der Waals surface area (Å²) in [4.78, 5) is 23.8. The van der Waals surface area contributed by atoms with E-state index in [1.807, 2.05) is 54.6 Å². The topological polar surface area (TPSA) is 139 Å². The first-order chi connectivity index (χ1) is 16.0. The standard InChI is InChI=1S/C24H26N8O/c1-14-7-9-17(27-23(33)15-5-3-2-4-6-15)13-32(14)21-12-19(28-24(26)29-21)16-8-10-18-20(11-16)30-31-22(18)25/h2-6,8,10-12,14,17H,7,9,13H2,1H3,(H,27,33)(H3,25,30,31)(H2,26,28,29). The first-order valence-corrected chi connectivity index (χ1v) is 11.0. The smallest absolute Gasteiger partial charge is 0.251 e. The van der Waals surface area contributed by atoms with E-state index in [9.17, 15) is 4.79 Å². The number of anilines is 3. The molecule has 9 heteroatoms. The van der Waals surface area contributed by atoms with Crippen LogP contribution in [0.25, 0.3) is 22.2 Å². The number of amides is 1. The number of hydrogen-bond donors (Lipinski definition) is 4. The number of rotatable bonds is 4. The zero-order chi connectivity index (χ0) is 22.9. The molecule has 0 saturated carbocycles. The number of H-pyrrole nitrogens is 1. The molecule has 168 valence electrons. The fourth-order valence-electron chi connectivity index (χ4n) is 4.35. The van der Waals surface area contributed by atoms with Crippen molar-refractivity contribution in [2.75, 3.05) is 22.9 Å². The third kappa shape index (κ3) is 4.17. The second-order valence-corrected chi connectivity index (χ2v) is 8.45. The number of aromatic nitrogens is 4. The maximum Gasteiger partial charge on any atom is 0.251 e.